The quantitative estimate of drug-likeness (QED) is 0.886. The Bertz CT molecular complexity index is 557. The molecule has 0 saturated heterocycles. The highest BCUT2D eigenvalue weighted by Crippen LogP contribution is 2.34. The lowest BCUT2D eigenvalue weighted by Gasteiger charge is -2.12. The van der Waals surface area contributed by atoms with Gasteiger partial charge in [0, 0.05) is 20.9 Å². The van der Waals surface area contributed by atoms with E-state index in [9.17, 15) is 4.39 Å². The van der Waals surface area contributed by atoms with Gasteiger partial charge in [0.05, 0.1) is 0 Å². The molecule has 1 atom stereocenters. The summed E-state index contributed by atoms with van der Waals surface area (Å²) in [6.45, 7) is 1.84. The molecule has 2 aromatic carbocycles. The van der Waals surface area contributed by atoms with Crippen LogP contribution in [0.1, 0.15) is 18.5 Å². The zero-order valence-electron chi connectivity index (χ0n) is 9.86. The molecule has 94 valence electrons. The Labute approximate surface area is 115 Å². The van der Waals surface area contributed by atoms with Crippen LogP contribution in [-0.4, -0.2) is 0 Å². The Morgan fingerprint density at radius 1 is 1.22 bits per heavy atom. The van der Waals surface area contributed by atoms with E-state index in [1.165, 1.54) is 23.9 Å². The normalized spacial score (nSPS) is 12.4. The van der Waals surface area contributed by atoms with Crippen molar-refractivity contribution in [2.45, 2.75) is 22.8 Å². The van der Waals surface area contributed by atoms with E-state index in [0.717, 1.165) is 15.4 Å². The predicted molar refractivity (Wildman–Crippen MR) is 74.6 cm³/mol. The molecule has 2 rings (SSSR count). The van der Waals surface area contributed by atoms with Crippen molar-refractivity contribution in [2.24, 2.45) is 5.73 Å². The van der Waals surface area contributed by atoms with Crippen molar-refractivity contribution in [2.75, 3.05) is 0 Å². The number of nitrogens with two attached hydrogens (primary N) is 1. The smallest absolute Gasteiger partial charge is 0.123 e. The van der Waals surface area contributed by atoms with Crippen LogP contribution < -0.4 is 5.73 Å². The van der Waals surface area contributed by atoms with Crippen molar-refractivity contribution in [3.8, 4) is 0 Å². The molecular formula is C14H13ClFNS. The van der Waals surface area contributed by atoms with E-state index in [1.54, 1.807) is 6.07 Å². The van der Waals surface area contributed by atoms with Crippen LogP contribution in [0.5, 0.6) is 0 Å². The summed E-state index contributed by atoms with van der Waals surface area (Å²) in [7, 11) is 0. The molecule has 0 aliphatic carbocycles. The Kier molecular flexibility index (Phi) is 4.27. The average molecular weight is 282 g/mol. The van der Waals surface area contributed by atoms with Gasteiger partial charge in [-0.05, 0) is 48.9 Å². The summed E-state index contributed by atoms with van der Waals surface area (Å²) >= 11 is 7.47. The first-order valence-corrected chi connectivity index (χ1v) is 6.74. The molecule has 0 aliphatic rings. The van der Waals surface area contributed by atoms with E-state index < -0.39 is 0 Å². The lowest BCUT2D eigenvalue weighted by Crippen LogP contribution is -2.06. The molecule has 0 spiro atoms. The summed E-state index contributed by atoms with van der Waals surface area (Å²) in [5.74, 6) is -0.266. The van der Waals surface area contributed by atoms with Crippen molar-refractivity contribution in [1.82, 2.24) is 0 Å². The third-order valence-electron chi connectivity index (χ3n) is 2.49. The topological polar surface area (TPSA) is 26.0 Å². The van der Waals surface area contributed by atoms with Gasteiger partial charge in [-0.25, -0.2) is 4.39 Å². The lowest BCUT2D eigenvalue weighted by molar-refractivity contribution is 0.619. The molecule has 18 heavy (non-hydrogen) atoms. The Morgan fingerprint density at radius 3 is 2.67 bits per heavy atom. The van der Waals surface area contributed by atoms with Crippen molar-refractivity contribution < 1.29 is 4.39 Å². The minimum atomic E-state index is -0.266. The highest BCUT2D eigenvalue weighted by atomic mass is 35.5. The van der Waals surface area contributed by atoms with Crippen LogP contribution >= 0.6 is 23.4 Å². The van der Waals surface area contributed by atoms with Gasteiger partial charge < -0.3 is 5.73 Å². The van der Waals surface area contributed by atoms with E-state index in [-0.39, 0.29) is 11.9 Å². The zero-order chi connectivity index (χ0) is 13.1. The van der Waals surface area contributed by atoms with E-state index in [4.69, 9.17) is 17.3 Å². The third kappa shape index (κ3) is 3.25. The second kappa shape index (κ2) is 5.74. The highest BCUT2D eigenvalue weighted by molar-refractivity contribution is 7.99. The SMILES string of the molecule is C[C@H](N)c1cc(F)ccc1Sc1cccc(Cl)c1. The Balaban J connectivity index is 2.34. The second-order valence-corrected chi connectivity index (χ2v) is 5.58. The standard InChI is InChI=1S/C14H13ClFNS/c1-9(17)13-8-11(16)5-6-14(13)18-12-4-2-3-10(15)7-12/h2-9H,17H2,1H3/t9-/m0/s1. The van der Waals surface area contributed by atoms with E-state index in [2.05, 4.69) is 0 Å². The molecule has 0 fully saturated rings. The third-order valence-corrected chi connectivity index (χ3v) is 3.80. The van der Waals surface area contributed by atoms with Crippen LogP contribution in [0.2, 0.25) is 5.02 Å². The van der Waals surface area contributed by atoms with Gasteiger partial charge >= 0.3 is 0 Å². The molecule has 0 bridgehead atoms. The van der Waals surface area contributed by atoms with E-state index in [1.807, 2.05) is 31.2 Å². The fraction of sp³-hybridized carbons (Fsp3) is 0.143. The lowest BCUT2D eigenvalue weighted by atomic mass is 10.1. The van der Waals surface area contributed by atoms with Crippen LogP contribution in [0.25, 0.3) is 0 Å². The number of hydrogen-bond acceptors (Lipinski definition) is 2. The van der Waals surface area contributed by atoms with Crippen molar-refractivity contribution in [1.29, 1.82) is 0 Å². The maximum Gasteiger partial charge on any atom is 0.123 e. The Hall–Kier alpha value is -1.03. The largest absolute Gasteiger partial charge is 0.324 e. The van der Waals surface area contributed by atoms with Gasteiger partial charge in [0.2, 0.25) is 0 Å². The van der Waals surface area contributed by atoms with Crippen molar-refractivity contribution in [3.05, 3.63) is 58.9 Å². The van der Waals surface area contributed by atoms with Gasteiger partial charge in [0.15, 0.2) is 0 Å². The maximum absolute atomic E-state index is 13.2. The number of benzene rings is 2. The number of halogens is 2. The van der Waals surface area contributed by atoms with Gasteiger partial charge in [-0.15, -0.1) is 0 Å². The summed E-state index contributed by atoms with van der Waals surface area (Å²) < 4.78 is 13.2. The van der Waals surface area contributed by atoms with Gasteiger partial charge in [-0.2, -0.15) is 0 Å². The Morgan fingerprint density at radius 2 is 2.00 bits per heavy atom. The van der Waals surface area contributed by atoms with Crippen LogP contribution in [0.15, 0.2) is 52.3 Å². The summed E-state index contributed by atoms with van der Waals surface area (Å²) in [5, 5.41) is 0.685. The van der Waals surface area contributed by atoms with Gasteiger partial charge in [0.1, 0.15) is 5.82 Å². The summed E-state index contributed by atoms with van der Waals surface area (Å²) in [4.78, 5) is 1.96. The predicted octanol–water partition coefficient (Wildman–Crippen LogP) is 4.65. The molecule has 4 heteroatoms. The first-order valence-electron chi connectivity index (χ1n) is 5.54. The first kappa shape index (κ1) is 13.4. The molecule has 0 radical (unpaired) electrons. The summed E-state index contributed by atoms with van der Waals surface area (Å²) in [6.07, 6.45) is 0. The summed E-state index contributed by atoms with van der Waals surface area (Å²) in [6, 6.07) is 12.0. The van der Waals surface area contributed by atoms with Crippen LogP contribution in [0.3, 0.4) is 0 Å². The maximum atomic E-state index is 13.2. The molecule has 2 N–H and O–H groups in total. The molecule has 0 saturated carbocycles. The number of rotatable bonds is 3. The minimum absolute atomic E-state index is 0.206. The second-order valence-electron chi connectivity index (χ2n) is 4.03. The molecule has 0 aromatic heterocycles. The highest BCUT2D eigenvalue weighted by Gasteiger charge is 2.09. The molecule has 2 aromatic rings. The van der Waals surface area contributed by atoms with E-state index in [0.29, 0.717) is 5.02 Å². The average Bonchev–Trinajstić information content (AvgIpc) is 2.31. The van der Waals surface area contributed by atoms with Crippen molar-refractivity contribution >= 4 is 23.4 Å². The summed E-state index contributed by atoms with van der Waals surface area (Å²) in [5.41, 5.74) is 6.67. The molecule has 0 unspecified atom stereocenters. The molecule has 0 heterocycles. The van der Waals surface area contributed by atoms with Crippen LogP contribution in [-0.2, 0) is 0 Å². The van der Waals surface area contributed by atoms with Gasteiger partial charge in [-0.1, -0.05) is 29.4 Å². The minimum Gasteiger partial charge on any atom is -0.324 e. The fourth-order valence-electron chi connectivity index (χ4n) is 1.63. The fourth-order valence-corrected chi connectivity index (χ4v) is 2.97. The van der Waals surface area contributed by atoms with Crippen LogP contribution in [0.4, 0.5) is 4.39 Å². The van der Waals surface area contributed by atoms with Crippen LogP contribution in [0, 0.1) is 5.82 Å². The molecule has 1 nitrogen and oxygen atoms in total. The zero-order valence-corrected chi connectivity index (χ0v) is 11.4. The first-order chi connectivity index (χ1) is 8.56. The molecular weight excluding hydrogens is 269 g/mol. The van der Waals surface area contributed by atoms with Gasteiger partial charge in [0.25, 0.3) is 0 Å². The molecule has 0 amide bonds. The van der Waals surface area contributed by atoms with Gasteiger partial charge in [-0.3, -0.25) is 0 Å². The molecule has 0 aliphatic heterocycles. The van der Waals surface area contributed by atoms with E-state index >= 15 is 0 Å². The number of hydrogen-bond donors (Lipinski definition) is 1. The van der Waals surface area contributed by atoms with Crippen molar-refractivity contribution in [3.63, 3.8) is 0 Å². The monoisotopic (exact) mass is 281 g/mol.